The van der Waals surface area contributed by atoms with Gasteiger partial charge in [-0.3, -0.25) is 14.4 Å². The smallest absolute Gasteiger partial charge is 0.271 e. The van der Waals surface area contributed by atoms with Crippen molar-refractivity contribution < 1.29 is 24.6 Å². The number of phenolic OH excluding ortho intramolecular Hbond substituents is 1. The number of thiazole rings is 2. The number of carbonyl (C=O) groups is 3. The highest BCUT2D eigenvalue weighted by atomic mass is 32.1. The number of nitrogens with one attached hydrogen (secondary N) is 2. The lowest BCUT2D eigenvalue weighted by molar-refractivity contribution is -0.142. The summed E-state index contributed by atoms with van der Waals surface area (Å²) in [5, 5.41) is 37.7. The topological polar surface area (TPSA) is 203 Å². The molecule has 2 aromatic carbocycles. The summed E-state index contributed by atoms with van der Waals surface area (Å²) in [5.41, 5.74) is 12.2. The third-order valence-corrected chi connectivity index (χ3v) is 12.5. The van der Waals surface area contributed by atoms with Crippen molar-refractivity contribution in [3.63, 3.8) is 0 Å². The van der Waals surface area contributed by atoms with E-state index in [-0.39, 0.29) is 42.2 Å². The van der Waals surface area contributed by atoms with Gasteiger partial charge < -0.3 is 41.3 Å². The van der Waals surface area contributed by atoms with Gasteiger partial charge in [-0.15, -0.1) is 32.9 Å². The Balaban J connectivity index is 0.979. The van der Waals surface area contributed by atoms with Crippen molar-refractivity contribution >= 4 is 57.0 Å². The van der Waals surface area contributed by atoms with E-state index in [0.717, 1.165) is 27.4 Å². The molecule has 3 amide bonds. The fourth-order valence-corrected chi connectivity index (χ4v) is 9.01. The number of nitrogens with two attached hydrogens (primary N) is 1. The van der Waals surface area contributed by atoms with Gasteiger partial charge in [-0.1, -0.05) is 57.2 Å². The van der Waals surface area contributed by atoms with Crippen LogP contribution in [0.2, 0.25) is 0 Å². The van der Waals surface area contributed by atoms with E-state index in [1.165, 1.54) is 16.2 Å². The van der Waals surface area contributed by atoms with Crippen molar-refractivity contribution in [3.05, 3.63) is 82.4 Å². The highest BCUT2D eigenvalue weighted by molar-refractivity contribution is 7.14. The molecule has 15 nitrogen and oxygen atoms in total. The van der Waals surface area contributed by atoms with Gasteiger partial charge in [-0.2, -0.15) is 0 Å². The van der Waals surface area contributed by atoms with Crippen LogP contribution >= 0.6 is 22.7 Å². The molecule has 2 fully saturated rings. The lowest BCUT2D eigenvalue weighted by Crippen LogP contribution is -2.57. The molecule has 2 unspecified atom stereocenters. The summed E-state index contributed by atoms with van der Waals surface area (Å²) in [6.45, 7) is 11.8. The fraction of sp³-hybridized carbons (Fsp3) is 0.390. The minimum atomic E-state index is -1.00. The van der Waals surface area contributed by atoms with Crippen LogP contribution in [0.25, 0.3) is 21.7 Å². The molecule has 6 N–H and O–H groups in total. The number of nitrogen functional groups attached to an aromatic ring is 1. The van der Waals surface area contributed by atoms with Crippen LogP contribution in [0.4, 0.5) is 16.6 Å². The molecular formula is C41H48N10O5S2. The molecule has 58 heavy (non-hydrogen) atoms. The number of carbonyl (C=O) groups excluding carboxylic acids is 3. The second-order valence-electron chi connectivity index (χ2n) is 15.8. The Morgan fingerprint density at radius 1 is 0.966 bits per heavy atom. The Kier molecular flexibility index (Phi) is 11.7. The zero-order valence-electron chi connectivity index (χ0n) is 33.0. The number of likely N-dealkylation sites (tertiary alicyclic amines) is 1. The quantitative estimate of drug-likeness (QED) is 0.131. The lowest BCUT2D eigenvalue weighted by atomic mass is 9.85. The molecule has 5 heterocycles. The molecule has 304 valence electrons. The number of aliphatic hydroxyl groups is 1. The summed E-state index contributed by atoms with van der Waals surface area (Å²) >= 11 is 2.91. The maximum atomic E-state index is 14.3. The van der Waals surface area contributed by atoms with Crippen LogP contribution in [0.3, 0.4) is 0 Å². The molecule has 0 bridgehead atoms. The Morgan fingerprint density at radius 3 is 2.34 bits per heavy atom. The third kappa shape index (κ3) is 8.61. The predicted octanol–water partition coefficient (Wildman–Crippen LogP) is 4.63. The second-order valence-corrected chi connectivity index (χ2v) is 17.5. The molecule has 0 radical (unpaired) electrons. The average Bonchev–Trinajstić information content (AvgIpc) is 3.97. The van der Waals surface area contributed by atoms with Crippen LogP contribution in [0, 0.1) is 12.3 Å². The van der Waals surface area contributed by atoms with E-state index in [1.807, 2.05) is 76.5 Å². The molecule has 2 aliphatic rings. The molecule has 0 saturated carbocycles. The van der Waals surface area contributed by atoms with Crippen LogP contribution in [0.5, 0.6) is 5.75 Å². The largest absolute Gasteiger partial charge is 0.507 e. The maximum Gasteiger partial charge on any atom is 0.271 e. The predicted molar refractivity (Wildman–Crippen MR) is 226 cm³/mol. The van der Waals surface area contributed by atoms with E-state index in [9.17, 15) is 24.6 Å². The summed E-state index contributed by atoms with van der Waals surface area (Å²) < 4.78 is 0. The van der Waals surface area contributed by atoms with E-state index < -0.39 is 35.4 Å². The number of aromatic hydroxyl groups is 1. The molecule has 7 rings (SSSR count). The molecular weight excluding hydrogens is 777 g/mol. The van der Waals surface area contributed by atoms with Gasteiger partial charge in [0.05, 0.1) is 39.6 Å². The SMILES string of the molecule is Cc1ncsc1-c1ccc(C(C)NC(=O)[C@@H]2C[C@@H](O)CN2C(=O)C(NC(=O)c2csc(N3CCN(c4cc(-c5ccccc5O)nnc4N)CC3)n2)C(C)(C)C)cc1. The number of rotatable bonds is 10. The van der Waals surface area contributed by atoms with Gasteiger partial charge in [0.2, 0.25) is 11.8 Å². The first kappa shape index (κ1) is 40.5. The number of piperazine rings is 1. The number of phenols is 1. The number of anilines is 3. The van der Waals surface area contributed by atoms with Crippen molar-refractivity contribution in [1.29, 1.82) is 0 Å². The molecule has 2 saturated heterocycles. The second kappa shape index (κ2) is 16.7. The van der Waals surface area contributed by atoms with Gasteiger partial charge in [0.25, 0.3) is 5.91 Å². The molecule has 0 aliphatic carbocycles. The number of nitrogens with zero attached hydrogens (tertiary/aromatic N) is 7. The van der Waals surface area contributed by atoms with Crippen molar-refractivity contribution in [3.8, 4) is 27.4 Å². The lowest BCUT2D eigenvalue weighted by Gasteiger charge is -2.36. The van der Waals surface area contributed by atoms with Gasteiger partial charge in [0.15, 0.2) is 10.9 Å². The number of amides is 3. The van der Waals surface area contributed by atoms with Crippen LogP contribution in [0.1, 0.15) is 61.9 Å². The average molecular weight is 825 g/mol. The monoisotopic (exact) mass is 824 g/mol. The van der Waals surface area contributed by atoms with Crippen molar-refractivity contribution in [2.24, 2.45) is 5.41 Å². The number of β-amino-alcohol motifs (C(OH)–C–C–N with tert-alkyl or cyclic N) is 1. The molecule has 17 heteroatoms. The highest BCUT2D eigenvalue weighted by Crippen LogP contribution is 2.33. The molecule has 0 spiro atoms. The summed E-state index contributed by atoms with van der Waals surface area (Å²) in [6, 6.07) is 14.4. The number of aromatic nitrogens is 4. The molecule has 5 aromatic rings. The number of aryl methyl sites for hydroxylation is 1. The van der Waals surface area contributed by atoms with E-state index in [4.69, 9.17) is 5.73 Å². The van der Waals surface area contributed by atoms with E-state index in [0.29, 0.717) is 42.6 Å². The Bertz CT molecular complexity index is 2280. The first-order valence-corrected chi connectivity index (χ1v) is 20.9. The van der Waals surface area contributed by atoms with Crippen molar-refractivity contribution in [2.75, 3.05) is 48.3 Å². The first-order chi connectivity index (χ1) is 27.7. The van der Waals surface area contributed by atoms with Crippen molar-refractivity contribution in [2.45, 2.75) is 65.3 Å². The number of hydrogen-bond acceptors (Lipinski definition) is 14. The number of hydrogen-bond donors (Lipinski definition) is 5. The number of benzene rings is 2. The van der Waals surface area contributed by atoms with Gasteiger partial charge in [0.1, 0.15) is 23.5 Å². The molecule has 4 atom stereocenters. The zero-order valence-corrected chi connectivity index (χ0v) is 34.7. The number of aliphatic hydroxyl groups excluding tert-OH is 1. The summed E-state index contributed by atoms with van der Waals surface area (Å²) in [5.74, 6) is -0.934. The molecule has 2 aliphatic heterocycles. The standard InChI is InChI=1S/C41H48N10O5S2/c1-23(25-10-12-26(13-11-25)34-24(2)43-22-58-34)44-38(55)32-18-27(52)20-51(32)39(56)35(41(3,4)5)46-37(54)30-21-57-40(45-30)50-16-14-49(15-17-50)31-19-29(47-48-36(31)42)28-8-6-7-9-33(28)53/h6-13,19,21-23,27,32,35,52-53H,14-18,20H2,1-5H3,(H2,42,48)(H,44,55)(H,46,54)/t23?,27-,32+,35?/m1/s1. The fourth-order valence-electron chi connectivity index (χ4n) is 7.34. The van der Waals surface area contributed by atoms with E-state index >= 15 is 0 Å². The summed E-state index contributed by atoms with van der Waals surface area (Å²) in [7, 11) is 0. The van der Waals surface area contributed by atoms with Crippen LogP contribution < -0.4 is 26.2 Å². The summed E-state index contributed by atoms with van der Waals surface area (Å²) in [4.78, 5) is 57.4. The highest BCUT2D eigenvalue weighted by Gasteiger charge is 2.45. The van der Waals surface area contributed by atoms with E-state index in [2.05, 4.69) is 40.6 Å². The van der Waals surface area contributed by atoms with Gasteiger partial charge in [0, 0.05) is 50.1 Å². The third-order valence-electron chi connectivity index (χ3n) is 10.6. The summed E-state index contributed by atoms with van der Waals surface area (Å²) in [6.07, 6.45) is -0.802. The minimum Gasteiger partial charge on any atom is -0.507 e. The zero-order chi connectivity index (χ0) is 41.3. The van der Waals surface area contributed by atoms with Crippen LogP contribution in [0.15, 0.2) is 65.5 Å². The van der Waals surface area contributed by atoms with Crippen LogP contribution in [-0.4, -0.2) is 104 Å². The Hall–Kier alpha value is -5.65. The van der Waals surface area contributed by atoms with Gasteiger partial charge in [-0.05, 0) is 48.6 Å². The maximum absolute atomic E-state index is 14.3. The Labute approximate surface area is 345 Å². The van der Waals surface area contributed by atoms with Gasteiger partial charge >= 0.3 is 0 Å². The normalized spacial score (nSPS) is 18.2. The minimum absolute atomic E-state index is 0.0271. The van der Waals surface area contributed by atoms with Crippen molar-refractivity contribution in [1.82, 2.24) is 35.7 Å². The Morgan fingerprint density at radius 2 is 1.67 bits per heavy atom. The first-order valence-electron chi connectivity index (χ1n) is 19.1. The molecule has 3 aromatic heterocycles. The van der Waals surface area contributed by atoms with E-state index in [1.54, 1.807) is 34.9 Å². The van der Waals surface area contributed by atoms with Gasteiger partial charge in [-0.25, -0.2) is 9.97 Å². The van der Waals surface area contributed by atoms with Crippen LogP contribution in [-0.2, 0) is 9.59 Å². The number of para-hydroxylation sites is 1.